The van der Waals surface area contributed by atoms with E-state index in [-0.39, 0.29) is 11.4 Å². The number of hydrogen-bond acceptors (Lipinski definition) is 4. The second-order valence-corrected chi connectivity index (χ2v) is 6.42. The Kier molecular flexibility index (Phi) is 3.44. The first-order chi connectivity index (χ1) is 10.1. The van der Waals surface area contributed by atoms with Crippen LogP contribution in [0.4, 0.5) is 0 Å². The smallest absolute Gasteiger partial charge is 0.241 e. The molecule has 0 unspecified atom stereocenters. The zero-order valence-electron chi connectivity index (χ0n) is 11.4. The Hall–Kier alpha value is -2.25. The third-order valence-electron chi connectivity index (χ3n) is 3.23. The van der Waals surface area contributed by atoms with E-state index in [9.17, 15) is 8.42 Å². The number of aromatic nitrogens is 3. The SMILES string of the molecule is Cc1ccc(S(=O)(=O)NCc2ccn[nH]2)c2cccnc12. The number of fused-ring (bicyclic) bond motifs is 1. The van der Waals surface area contributed by atoms with E-state index < -0.39 is 10.0 Å². The molecule has 2 heterocycles. The Labute approximate surface area is 122 Å². The van der Waals surface area contributed by atoms with Crippen LogP contribution >= 0.6 is 0 Å². The van der Waals surface area contributed by atoms with Crippen molar-refractivity contribution in [1.29, 1.82) is 0 Å². The fourth-order valence-corrected chi connectivity index (χ4v) is 3.36. The van der Waals surface area contributed by atoms with Crippen molar-refractivity contribution in [2.24, 2.45) is 0 Å². The van der Waals surface area contributed by atoms with Crippen molar-refractivity contribution < 1.29 is 8.42 Å². The van der Waals surface area contributed by atoms with Gasteiger partial charge < -0.3 is 0 Å². The van der Waals surface area contributed by atoms with Crippen molar-refractivity contribution in [3.63, 3.8) is 0 Å². The quantitative estimate of drug-likeness (QED) is 0.768. The minimum atomic E-state index is -3.62. The topological polar surface area (TPSA) is 87.7 Å². The van der Waals surface area contributed by atoms with Crippen LogP contribution in [-0.4, -0.2) is 23.6 Å². The lowest BCUT2D eigenvalue weighted by Crippen LogP contribution is -2.23. The van der Waals surface area contributed by atoms with Gasteiger partial charge in [-0.15, -0.1) is 0 Å². The van der Waals surface area contributed by atoms with Gasteiger partial charge in [0.05, 0.1) is 22.7 Å². The van der Waals surface area contributed by atoms with Gasteiger partial charge in [-0.25, -0.2) is 13.1 Å². The molecule has 1 aromatic carbocycles. The number of rotatable bonds is 4. The summed E-state index contributed by atoms with van der Waals surface area (Å²) in [6.45, 7) is 2.07. The van der Waals surface area contributed by atoms with Gasteiger partial charge in [0, 0.05) is 17.8 Å². The molecule has 0 amide bonds. The van der Waals surface area contributed by atoms with Crippen LogP contribution in [0.2, 0.25) is 0 Å². The minimum absolute atomic E-state index is 0.165. The standard InChI is InChI=1S/C14H14N4O2S/c1-10-4-5-13(12-3-2-7-15-14(10)12)21(19,20)17-9-11-6-8-16-18-11/h2-8,17H,9H2,1H3,(H,16,18). The number of nitrogens with zero attached hydrogens (tertiary/aromatic N) is 2. The first-order valence-corrected chi connectivity index (χ1v) is 7.88. The third kappa shape index (κ3) is 2.65. The summed E-state index contributed by atoms with van der Waals surface area (Å²) in [6.07, 6.45) is 3.23. The molecule has 0 spiro atoms. The fraction of sp³-hybridized carbons (Fsp3) is 0.143. The summed E-state index contributed by atoms with van der Waals surface area (Å²) in [5, 5.41) is 7.13. The highest BCUT2D eigenvalue weighted by atomic mass is 32.2. The van der Waals surface area contributed by atoms with E-state index in [1.54, 1.807) is 42.7 Å². The van der Waals surface area contributed by atoms with E-state index in [2.05, 4.69) is 19.9 Å². The van der Waals surface area contributed by atoms with Crippen LogP contribution in [0.5, 0.6) is 0 Å². The maximum absolute atomic E-state index is 12.5. The van der Waals surface area contributed by atoms with Crippen LogP contribution < -0.4 is 4.72 Å². The van der Waals surface area contributed by atoms with Gasteiger partial charge in [-0.3, -0.25) is 10.1 Å². The molecule has 0 atom stereocenters. The molecule has 2 aromatic heterocycles. The Morgan fingerprint density at radius 2 is 2.05 bits per heavy atom. The molecule has 2 N–H and O–H groups in total. The monoisotopic (exact) mass is 302 g/mol. The van der Waals surface area contributed by atoms with E-state index in [0.717, 1.165) is 5.56 Å². The summed E-state index contributed by atoms with van der Waals surface area (Å²) < 4.78 is 27.5. The number of sulfonamides is 1. The van der Waals surface area contributed by atoms with E-state index in [1.165, 1.54) is 0 Å². The number of aryl methyl sites for hydroxylation is 1. The van der Waals surface area contributed by atoms with Gasteiger partial charge in [-0.1, -0.05) is 6.07 Å². The number of nitrogens with one attached hydrogen (secondary N) is 2. The predicted octanol–water partition coefficient (Wildman–Crippen LogP) is 1.74. The molecule has 7 heteroatoms. The van der Waals surface area contributed by atoms with Crippen molar-refractivity contribution >= 4 is 20.9 Å². The molecule has 108 valence electrons. The van der Waals surface area contributed by atoms with Crippen LogP contribution in [0.1, 0.15) is 11.3 Å². The number of pyridine rings is 1. The Morgan fingerprint density at radius 1 is 1.19 bits per heavy atom. The summed E-state index contributed by atoms with van der Waals surface area (Å²) >= 11 is 0. The molecule has 0 saturated heterocycles. The van der Waals surface area contributed by atoms with E-state index in [4.69, 9.17) is 0 Å². The number of benzene rings is 1. The molecular weight excluding hydrogens is 288 g/mol. The lowest BCUT2D eigenvalue weighted by atomic mass is 10.1. The van der Waals surface area contributed by atoms with E-state index in [1.807, 2.05) is 6.92 Å². The minimum Gasteiger partial charge on any atom is -0.281 e. The maximum atomic E-state index is 12.5. The molecule has 21 heavy (non-hydrogen) atoms. The van der Waals surface area contributed by atoms with Gasteiger partial charge in [0.15, 0.2) is 0 Å². The predicted molar refractivity (Wildman–Crippen MR) is 79.1 cm³/mol. The van der Waals surface area contributed by atoms with Crippen LogP contribution in [-0.2, 0) is 16.6 Å². The highest BCUT2D eigenvalue weighted by Crippen LogP contribution is 2.24. The average molecular weight is 302 g/mol. The zero-order chi connectivity index (χ0) is 14.9. The molecule has 0 fully saturated rings. The molecule has 0 aliphatic rings. The van der Waals surface area contributed by atoms with Crippen molar-refractivity contribution in [1.82, 2.24) is 19.9 Å². The van der Waals surface area contributed by atoms with Gasteiger partial charge >= 0.3 is 0 Å². The van der Waals surface area contributed by atoms with Gasteiger partial charge in [0.2, 0.25) is 10.0 Å². The van der Waals surface area contributed by atoms with E-state index >= 15 is 0 Å². The summed E-state index contributed by atoms with van der Waals surface area (Å²) in [5.41, 5.74) is 2.34. The van der Waals surface area contributed by atoms with Crippen LogP contribution in [0.25, 0.3) is 10.9 Å². The second-order valence-electron chi connectivity index (χ2n) is 4.69. The zero-order valence-corrected chi connectivity index (χ0v) is 12.2. The van der Waals surface area contributed by atoms with Crippen molar-refractivity contribution in [2.75, 3.05) is 0 Å². The van der Waals surface area contributed by atoms with Crippen molar-refractivity contribution in [3.8, 4) is 0 Å². The summed E-state index contributed by atoms with van der Waals surface area (Å²) in [4.78, 5) is 4.49. The number of H-pyrrole nitrogens is 1. The summed E-state index contributed by atoms with van der Waals surface area (Å²) in [5.74, 6) is 0. The Morgan fingerprint density at radius 3 is 2.81 bits per heavy atom. The van der Waals surface area contributed by atoms with Crippen LogP contribution in [0.15, 0.2) is 47.6 Å². The molecule has 3 rings (SSSR count). The number of aromatic amines is 1. The molecule has 0 bridgehead atoms. The first-order valence-electron chi connectivity index (χ1n) is 6.40. The van der Waals surface area contributed by atoms with Crippen LogP contribution in [0, 0.1) is 6.92 Å². The maximum Gasteiger partial charge on any atom is 0.241 e. The van der Waals surface area contributed by atoms with E-state index in [0.29, 0.717) is 16.6 Å². The van der Waals surface area contributed by atoms with Crippen LogP contribution in [0.3, 0.4) is 0 Å². The Balaban J connectivity index is 2.01. The van der Waals surface area contributed by atoms with Crippen molar-refractivity contribution in [3.05, 3.63) is 54.0 Å². The molecule has 0 radical (unpaired) electrons. The molecule has 0 saturated carbocycles. The summed E-state index contributed by atoms with van der Waals surface area (Å²) in [6, 6.07) is 8.59. The fourth-order valence-electron chi connectivity index (χ4n) is 2.16. The molecule has 0 aliphatic heterocycles. The van der Waals surface area contributed by atoms with Crippen molar-refractivity contribution in [2.45, 2.75) is 18.4 Å². The van der Waals surface area contributed by atoms with Gasteiger partial charge in [-0.2, -0.15) is 5.10 Å². The highest BCUT2D eigenvalue weighted by Gasteiger charge is 2.18. The lowest BCUT2D eigenvalue weighted by Gasteiger charge is -2.10. The molecular formula is C14H14N4O2S. The molecule has 3 aromatic rings. The lowest BCUT2D eigenvalue weighted by molar-refractivity contribution is 0.581. The normalized spacial score (nSPS) is 11.9. The van der Waals surface area contributed by atoms with Gasteiger partial charge in [0.25, 0.3) is 0 Å². The largest absolute Gasteiger partial charge is 0.281 e. The van der Waals surface area contributed by atoms with Gasteiger partial charge in [0.1, 0.15) is 0 Å². The number of hydrogen-bond donors (Lipinski definition) is 2. The summed E-state index contributed by atoms with van der Waals surface area (Å²) in [7, 11) is -3.62. The highest BCUT2D eigenvalue weighted by molar-refractivity contribution is 7.89. The molecule has 0 aliphatic carbocycles. The molecule has 6 nitrogen and oxygen atoms in total. The second kappa shape index (κ2) is 5.27. The third-order valence-corrected chi connectivity index (χ3v) is 4.69. The Bertz CT molecular complexity index is 873. The van der Waals surface area contributed by atoms with Gasteiger partial charge in [-0.05, 0) is 36.8 Å². The first kappa shape index (κ1) is 13.7. The average Bonchev–Trinajstić information content (AvgIpc) is 2.99.